The lowest BCUT2D eigenvalue weighted by atomic mass is 10.0. The molecular weight excluding hydrogens is 244 g/mol. The largest absolute Gasteiger partial charge is 0.440 e. The number of hydrogen-bond donors (Lipinski definition) is 1. The SMILES string of the molecule is Cc1ccc(N=C2NC(=O)C3(CCCC3=O)O2)cc1. The highest BCUT2D eigenvalue weighted by Crippen LogP contribution is 2.33. The summed E-state index contributed by atoms with van der Waals surface area (Å²) in [5, 5.41) is 2.55. The van der Waals surface area contributed by atoms with Crippen LogP contribution in [0, 0.1) is 6.92 Å². The lowest BCUT2D eigenvalue weighted by Crippen LogP contribution is -2.42. The molecule has 0 radical (unpaired) electrons. The highest BCUT2D eigenvalue weighted by atomic mass is 16.5. The molecule has 0 bridgehead atoms. The van der Waals surface area contributed by atoms with Crippen LogP contribution >= 0.6 is 0 Å². The topological polar surface area (TPSA) is 67.8 Å². The Kier molecular flexibility index (Phi) is 2.62. The van der Waals surface area contributed by atoms with Gasteiger partial charge < -0.3 is 4.74 Å². The van der Waals surface area contributed by atoms with Gasteiger partial charge in [-0.15, -0.1) is 0 Å². The van der Waals surface area contributed by atoms with Crippen molar-refractivity contribution in [2.75, 3.05) is 0 Å². The molecule has 19 heavy (non-hydrogen) atoms. The molecule has 2 aliphatic rings. The molecule has 0 aromatic heterocycles. The van der Waals surface area contributed by atoms with E-state index in [2.05, 4.69) is 10.3 Å². The number of aliphatic imine (C=N–C) groups is 1. The minimum atomic E-state index is -1.32. The second-order valence-electron chi connectivity index (χ2n) is 4.91. The fraction of sp³-hybridized carbons (Fsp3) is 0.357. The van der Waals surface area contributed by atoms with Crippen molar-refractivity contribution in [3.8, 4) is 0 Å². The van der Waals surface area contributed by atoms with E-state index in [0.29, 0.717) is 24.9 Å². The Labute approximate surface area is 110 Å². The van der Waals surface area contributed by atoms with Crippen LogP contribution < -0.4 is 5.32 Å². The number of nitrogens with zero attached hydrogens (tertiary/aromatic N) is 1. The van der Waals surface area contributed by atoms with Gasteiger partial charge in [-0.2, -0.15) is 4.99 Å². The van der Waals surface area contributed by atoms with Gasteiger partial charge in [0.15, 0.2) is 5.78 Å². The van der Waals surface area contributed by atoms with Crippen LogP contribution in [0.25, 0.3) is 0 Å². The summed E-state index contributed by atoms with van der Waals surface area (Å²) in [5.41, 5.74) is 0.495. The number of aryl methyl sites for hydroxylation is 1. The van der Waals surface area contributed by atoms with Crippen molar-refractivity contribution < 1.29 is 14.3 Å². The zero-order valence-corrected chi connectivity index (χ0v) is 10.6. The van der Waals surface area contributed by atoms with Crippen LogP contribution in [0.3, 0.4) is 0 Å². The van der Waals surface area contributed by atoms with Crippen molar-refractivity contribution in [2.45, 2.75) is 31.8 Å². The summed E-state index contributed by atoms with van der Waals surface area (Å²) < 4.78 is 5.51. The van der Waals surface area contributed by atoms with Crippen LogP contribution in [0.15, 0.2) is 29.3 Å². The Bertz CT molecular complexity index is 577. The Balaban J connectivity index is 1.87. The molecule has 1 saturated heterocycles. The van der Waals surface area contributed by atoms with Crippen molar-refractivity contribution in [1.29, 1.82) is 0 Å². The Morgan fingerprint density at radius 3 is 2.63 bits per heavy atom. The fourth-order valence-electron chi connectivity index (χ4n) is 2.41. The number of carbonyl (C=O) groups is 2. The zero-order valence-electron chi connectivity index (χ0n) is 10.6. The molecule has 1 amide bonds. The molecule has 1 aliphatic carbocycles. The first-order chi connectivity index (χ1) is 9.10. The third-order valence-corrected chi connectivity index (χ3v) is 3.51. The second-order valence-corrected chi connectivity index (χ2v) is 4.91. The standard InChI is InChI=1S/C14H14N2O3/c1-9-4-6-10(7-5-9)15-13-16-12(18)14(19-13)8-2-3-11(14)17/h4-7H,2-3,8H2,1H3,(H,15,16,18). The van der Waals surface area contributed by atoms with Gasteiger partial charge in [0.1, 0.15) is 0 Å². The maximum absolute atomic E-state index is 11.9. The maximum Gasteiger partial charge on any atom is 0.298 e. The van der Waals surface area contributed by atoms with Crippen LogP contribution in [0.5, 0.6) is 0 Å². The van der Waals surface area contributed by atoms with E-state index in [9.17, 15) is 9.59 Å². The first-order valence-corrected chi connectivity index (χ1v) is 6.29. The van der Waals surface area contributed by atoms with E-state index in [0.717, 1.165) is 5.56 Å². The predicted octanol–water partition coefficient (Wildman–Crippen LogP) is 1.62. The van der Waals surface area contributed by atoms with Gasteiger partial charge in [-0.05, 0) is 25.5 Å². The normalized spacial score (nSPS) is 27.9. The molecule has 1 N–H and O–H groups in total. The highest BCUT2D eigenvalue weighted by Gasteiger charge is 2.56. The molecule has 1 aliphatic heterocycles. The van der Waals surface area contributed by atoms with E-state index in [4.69, 9.17) is 4.74 Å². The van der Waals surface area contributed by atoms with Crippen molar-refractivity contribution >= 4 is 23.4 Å². The van der Waals surface area contributed by atoms with Crippen LogP contribution in [0.4, 0.5) is 5.69 Å². The molecule has 1 heterocycles. The van der Waals surface area contributed by atoms with Crippen molar-refractivity contribution in [2.24, 2.45) is 4.99 Å². The average Bonchev–Trinajstić information content (AvgIpc) is 2.89. The minimum Gasteiger partial charge on any atom is -0.440 e. The molecule has 1 unspecified atom stereocenters. The van der Waals surface area contributed by atoms with E-state index in [1.165, 1.54) is 0 Å². The maximum atomic E-state index is 11.9. The van der Waals surface area contributed by atoms with Gasteiger partial charge >= 0.3 is 0 Å². The molecule has 1 saturated carbocycles. The number of amidine groups is 1. The number of ether oxygens (including phenoxy) is 1. The average molecular weight is 258 g/mol. The number of nitrogens with one attached hydrogen (secondary N) is 1. The molecule has 1 aromatic carbocycles. The number of hydrogen-bond acceptors (Lipinski definition) is 4. The van der Waals surface area contributed by atoms with Crippen molar-refractivity contribution in [1.82, 2.24) is 5.32 Å². The fourth-order valence-corrected chi connectivity index (χ4v) is 2.41. The van der Waals surface area contributed by atoms with Gasteiger partial charge in [-0.3, -0.25) is 14.9 Å². The molecular formula is C14H14N2O3. The summed E-state index contributed by atoms with van der Waals surface area (Å²) in [5.74, 6) is -0.542. The monoisotopic (exact) mass is 258 g/mol. The smallest absolute Gasteiger partial charge is 0.298 e. The molecule has 1 atom stereocenters. The van der Waals surface area contributed by atoms with E-state index < -0.39 is 5.60 Å². The van der Waals surface area contributed by atoms with Gasteiger partial charge in [0.25, 0.3) is 11.9 Å². The summed E-state index contributed by atoms with van der Waals surface area (Å²) >= 11 is 0. The van der Waals surface area contributed by atoms with Crippen LogP contribution in [0.1, 0.15) is 24.8 Å². The first-order valence-electron chi connectivity index (χ1n) is 6.29. The van der Waals surface area contributed by atoms with Gasteiger partial charge in [0, 0.05) is 12.8 Å². The number of ketones is 1. The quantitative estimate of drug-likeness (QED) is 0.778. The number of Topliss-reactive ketones (excluding diaryl/α,β-unsaturated/α-hetero) is 1. The summed E-state index contributed by atoms with van der Waals surface area (Å²) in [7, 11) is 0. The lowest BCUT2D eigenvalue weighted by molar-refractivity contribution is -0.142. The van der Waals surface area contributed by atoms with Crippen LogP contribution in [-0.4, -0.2) is 23.3 Å². The van der Waals surface area contributed by atoms with E-state index in [-0.39, 0.29) is 17.7 Å². The summed E-state index contributed by atoms with van der Waals surface area (Å²) in [4.78, 5) is 27.9. The van der Waals surface area contributed by atoms with Gasteiger partial charge in [0.05, 0.1) is 5.69 Å². The number of rotatable bonds is 1. The molecule has 3 rings (SSSR count). The van der Waals surface area contributed by atoms with Gasteiger partial charge in [0.2, 0.25) is 5.60 Å². The van der Waals surface area contributed by atoms with Crippen molar-refractivity contribution in [3.05, 3.63) is 29.8 Å². The molecule has 2 fully saturated rings. The third kappa shape index (κ3) is 1.91. The molecule has 1 spiro atoms. The minimum absolute atomic E-state index is 0.115. The Morgan fingerprint density at radius 1 is 1.26 bits per heavy atom. The van der Waals surface area contributed by atoms with Gasteiger partial charge in [-0.1, -0.05) is 17.7 Å². The molecule has 1 aromatic rings. The lowest BCUT2D eigenvalue weighted by Gasteiger charge is -2.15. The summed E-state index contributed by atoms with van der Waals surface area (Å²) in [6.07, 6.45) is 1.51. The number of amides is 1. The predicted molar refractivity (Wildman–Crippen MR) is 69.1 cm³/mol. The van der Waals surface area contributed by atoms with E-state index in [1.54, 1.807) is 0 Å². The summed E-state index contributed by atoms with van der Waals surface area (Å²) in [6.45, 7) is 1.98. The van der Waals surface area contributed by atoms with Crippen LogP contribution in [-0.2, 0) is 14.3 Å². The second kappa shape index (κ2) is 4.19. The Morgan fingerprint density at radius 2 is 2.00 bits per heavy atom. The first kappa shape index (κ1) is 11.9. The third-order valence-electron chi connectivity index (χ3n) is 3.51. The number of benzene rings is 1. The molecule has 5 nitrogen and oxygen atoms in total. The van der Waals surface area contributed by atoms with Crippen LogP contribution in [0.2, 0.25) is 0 Å². The van der Waals surface area contributed by atoms with Gasteiger partial charge in [-0.25, -0.2) is 0 Å². The summed E-state index contributed by atoms with van der Waals surface area (Å²) in [6, 6.07) is 7.63. The highest BCUT2D eigenvalue weighted by molar-refractivity contribution is 6.19. The van der Waals surface area contributed by atoms with E-state index >= 15 is 0 Å². The van der Waals surface area contributed by atoms with E-state index in [1.807, 2.05) is 31.2 Å². The number of carbonyl (C=O) groups excluding carboxylic acids is 2. The van der Waals surface area contributed by atoms with Crippen molar-refractivity contribution in [3.63, 3.8) is 0 Å². The molecule has 98 valence electrons. The zero-order chi connectivity index (χ0) is 13.5. The Hall–Kier alpha value is -2.17. The molecule has 5 heteroatoms.